The second-order valence-electron chi connectivity index (χ2n) is 19.1. The quantitative estimate of drug-likeness (QED) is 0.0840. The molecule has 7 unspecified atom stereocenters. The fraction of sp³-hybridized carbons (Fsp3) is 0.680. The van der Waals surface area contributed by atoms with Gasteiger partial charge in [-0.1, -0.05) is 91.6 Å². The predicted octanol–water partition coefficient (Wildman–Crippen LogP) is 4.22. The second-order valence-corrected chi connectivity index (χ2v) is 19.1. The summed E-state index contributed by atoms with van der Waals surface area (Å²) in [7, 11) is 6.22. The monoisotopic (exact) mass is 939 g/mol. The average molecular weight is 939 g/mol. The van der Waals surface area contributed by atoms with Crippen molar-refractivity contribution in [1.29, 1.82) is 0 Å². The lowest BCUT2D eigenvalue weighted by Gasteiger charge is -2.41. The van der Waals surface area contributed by atoms with Crippen molar-refractivity contribution in [2.75, 3.05) is 34.9 Å². The first-order chi connectivity index (χ1) is 31.6. The summed E-state index contributed by atoms with van der Waals surface area (Å²) < 4.78 is 12.0. The van der Waals surface area contributed by atoms with Gasteiger partial charge in [-0.15, -0.1) is 0 Å². The summed E-state index contributed by atoms with van der Waals surface area (Å²) in [5.74, 6) is -5.28. The van der Waals surface area contributed by atoms with Crippen LogP contribution in [0.3, 0.4) is 0 Å². The highest BCUT2D eigenvalue weighted by Gasteiger charge is 2.46. The van der Waals surface area contributed by atoms with E-state index in [0.717, 1.165) is 5.56 Å². The van der Waals surface area contributed by atoms with Gasteiger partial charge in [-0.25, -0.2) is 4.79 Å². The number of hydrogen-bond acceptors (Lipinski definition) is 10. The maximum atomic E-state index is 14.6. The molecule has 374 valence electrons. The molecule has 17 nitrogen and oxygen atoms in total. The third kappa shape index (κ3) is 14.9. The van der Waals surface area contributed by atoms with Crippen LogP contribution in [-0.2, 0) is 54.3 Å². The highest BCUT2D eigenvalue weighted by atomic mass is 16.5. The number of ether oxygens (including phenoxy) is 2. The van der Waals surface area contributed by atoms with Gasteiger partial charge in [0.1, 0.15) is 18.1 Å². The number of carboxylic acid groups (broad SMARTS) is 1. The Balaban J connectivity index is 1.74. The van der Waals surface area contributed by atoms with E-state index >= 15 is 0 Å². The number of amides is 7. The van der Waals surface area contributed by atoms with E-state index in [-0.39, 0.29) is 79.1 Å². The first-order valence-corrected chi connectivity index (χ1v) is 23.9. The summed E-state index contributed by atoms with van der Waals surface area (Å²) in [6.07, 6.45) is 4.64. The van der Waals surface area contributed by atoms with Gasteiger partial charge in [0.05, 0.1) is 36.6 Å². The Morgan fingerprint density at radius 3 is 1.99 bits per heavy atom. The van der Waals surface area contributed by atoms with Gasteiger partial charge < -0.3 is 39.9 Å². The molecule has 3 rings (SSSR count). The van der Waals surface area contributed by atoms with Crippen molar-refractivity contribution < 1.29 is 52.9 Å². The van der Waals surface area contributed by atoms with Gasteiger partial charge >= 0.3 is 5.97 Å². The lowest BCUT2D eigenvalue weighted by Crippen LogP contribution is -2.60. The van der Waals surface area contributed by atoms with Crippen LogP contribution in [0.15, 0.2) is 42.5 Å². The third-order valence-electron chi connectivity index (χ3n) is 13.7. The minimum absolute atomic E-state index is 0.0914. The SMILES string of the molecule is CCC(C)C(C(CC(=O)N1C(C)CC[C@H]1C(OC)C(C)C(=O)N[C@@H](Cc1ccccc1)C(=O)O)OC)N(C)C(=O)[C@@H](NC(=O)C(C(C)C)N(C)C(=O)CCCCCN1C(=O)C=CC1=O)C(C)C. The minimum atomic E-state index is -1.17. The molecule has 0 radical (unpaired) electrons. The number of unbranched alkanes of at least 4 members (excludes halogenated alkanes) is 2. The molecule has 3 N–H and O–H groups in total. The first-order valence-electron chi connectivity index (χ1n) is 23.9. The molecule has 1 fully saturated rings. The number of aliphatic carboxylic acids is 1. The minimum Gasteiger partial charge on any atom is -0.480 e. The van der Waals surface area contributed by atoms with E-state index in [1.807, 2.05) is 54.5 Å². The predicted molar refractivity (Wildman–Crippen MR) is 253 cm³/mol. The van der Waals surface area contributed by atoms with E-state index in [0.29, 0.717) is 38.5 Å². The van der Waals surface area contributed by atoms with Crippen LogP contribution < -0.4 is 10.6 Å². The van der Waals surface area contributed by atoms with E-state index in [2.05, 4.69) is 10.6 Å². The zero-order chi connectivity index (χ0) is 50.3. The van der Waals surface area contributed by atoms with Crippen molar-refractivity contribution in [1.82, 2.24) is 30.2 Å². The average Bonchev–Trinajstić information content (AvgIpc) is 3.83. The molecular formula is C50H78N6O11. The number of carboxylic acids is 1. The van der Waals surface area contributed by atoms with Crippen LogP contribution >= 0.6 is 0 Å². The maximum Gasteiger partial charge on any atom is 0.326 e. The number of carbonyl (C=O) groups is 8. The number of benzene rings is 1. The Kier molecular flexibility index (Phi) is 22.1. The van der Waals surface area contributed by atoms with E-state index in [1.165, 1.54) is 36.2 Å². The van der Waals surface area contributed by atoms with Crippen molar-refractivity contribution in [2.24, 2.45) is 23.7 Å². The number of carbonyl (C=O) groups excluding carboxylic acids is 7. The molecule has 10 atom stereocenters. The van der Waals surface area contributed by atoms with E-state index in [4.69, 9.17) is 9.47 Å². The van der Waals surface area contributed by atoms with Crippen molar-refractivity contribution in [3.63, 3.8) is 0 Å². The Labute approximate surface area is 397 Å². The van der Waals surface area contributed by atoms with Gasteiger partial charge in [-0.05, 0) is 55.9 Å². The molecule has 1 aromatic carbocycles. The zero-order valence-electron chi connectivity index (χ0n) is 41.9. The van der Waals surface area contributed by atoms with Crippen LogP contribution in [-0.4, -0.2) is 155 Å². The normalized spacial score (nSPS) is 19.7. The molecule has 2 aliphatic heterocycles. The van der Waals surface area contributed by atoms with E-state index in [9.17, 15) is 43.5 Å². The lowest BCUT2D eigenvalue weighted by atomic mass is 9.89. The van der Waals surface area contributed by atoms with Crippen LogP contribution in [0, 0.1) is 23.7 Å². The van der Waals surface area contributed by atoms with Gasteiger partial charge in [0.15, 0.2) is 0 Å². The Morgan fingerprint density at radius 2 is 1.45 bits per heavy atom. The first kappa shape index (κ1) is 56.2. The molecule has 17 heteroatoms. The Hall–Kier alpha value is -5.16. The molecule has 2 aliphatic rings. The zero-order valence-corrected chi connectivity index (χ0v) is 41.9. The Morgan fingerprint density at radius 1 is 0.821 bits per heavy atom. The molecule has 0 aliphatic carbocycles. The summed E-state index contributed by atoms with van der Waals surface area (Å²) in [6, 6.07) is 4.73. The highest BCUT2D eigenvalue weighted by molar-refractivity contribution is 6.12. The fourth-order valence-electron chi connectivity index (χ4n) is 9.58. The standard InChI is InChI=1S/C50H78N6O11/c1-13-32(6)45(54(10)49(63)43(30(2)3)52-48(62)44(31(4)5)53(9)39(57)22-18-15-19-27-55-40(58)25-26-41(55)59)38(66-11)29-42(60)56-33(7)23-24-37(56)46(67-12)34(8)47(61)51-36(50(64)65)28-35-20-16-14-17-21-35/h14,16-17,20-21,25-26,30-34,36-38,43-46H,13,15,18-19,22-24,27-29H2,1-12H3,(H,51,61)(H,52,62)(H,64,65)/t32?,33?,34?,36-,37-,38?,43-,44?,45?,46?/m0/s1. The van der Waals surface area contributed by atoms with Crippen molar-refractivity contribution in [3.05, 3.63) is 48.0 Å². The summed E-state index contributed by atoms with van der Waals surface area (Å²) in [5.41, 5.74) is 0.761. The van der Waals surface area contributed by atoms with Crippen LogP contribution in [0.1, 0.15) is 112 Å². The molecule has 0 saturated carbocycles. The lowest BCUT2D eigenvalue weighted by molar-refractivity contribution is -0.150. The number of hydrogen-bond donors (Lipinski definition) is 3. The molecule has 7 amide bonds. The van der Waals surface area contributed by atoms with E-state index < -0.39 is 66.1 Å². The number of methoxy groups -OCH3 is 2. The number of nitrogens with zero attached hydrogens (tertiary/aromatic N) is 4. The van der Waals surface area contributed by atoms with Gasteiger partial charge in [0, 0.05) is 65.9 Å². The van der Waals surface area contributed by atoms with Gasteiger partial charge in [-0.2, -0.15) is 0 Å². The molecule has 67 heavy (non-hydrogen) atoms. The summed E-state index contributed by atoms with van der Waals surface area (Å²) >= 11 is 0. The third-order valence-corrected chi connectivity index (χ3v) is 13.7. The van der Waals surface area contributed by atoms with Crippen molar-refractivity contribution in [3.8, 4) is 0 Å². The van der Waals surface area contributed by atoms with E-state index in [1.54, 1.807) is 55.1 Å². The van der Waals surface area contributed by atoms with Crippen LogP contribution in [0.25, 0.3) is 0 Å². The molecule has 1 aromatic rings. The largest absolute Gasteiger partial charge is 0.480 e. The molecule has 2 heterocycles. The van der Waals surface area contributed by atoms with Crippen LogP contribution in [0.2, 0.25) is 0 Å². The molecule has 0 bridgehead atoms. The maximum absolute atomic E-state index is 14.6. The summed E-state index contributed by atoms with van der Waals surface area (Å²) in [5, 5.41) is 15.6. The number of likely N-dealkylation sites (tertiary alicyclic amines) is 1. The van der Waals surface area contributed by atoms with Crippen molar-refractivity contribution >= 4 is 47.3 Å². The van der Waals surface area contributed by atoms with Crippen LogP contribution in [0.5, 0.6) is 0 Å². The number of rotatable bonds is 27. The molecule has 0 spiro atoms. The molecular weight excluding hydrogens is 861 g/mol. The summed E-state index contributed by atoms with van der Waals surface area (Å²) in [4.78, 5) is 112. The number of nitrogens with one attached hydrogen (secondary N) is 2. The smallest absolute Gasteiger partial charge is 0.326 e. The summed E-state index contributed by atoms with van der Waals surface area (Å²) in [6.45, 7) is 15.2. The number of imide groups is 1. The topological polar surface area (TPSA) is 212 Å². The molecule has 0 aromatic heterocycles. The second kappa shape index (κ2) is 26.4. The highest BCUT2D eigenvalue weighted by Crippen LogP contribution is 2.33. The van der Waals surface area contributed by atoms with Gasteiger partial charge in [0.2, 0.25) is 29.5 Å². The van der Waals surface area contributed by atoms with Crippen molar-refractivity contribution in [2.45, 2.75) is 162 Å². The van der Waals surface area contributed by atoms with Crippen LogP contribution in [0.4, 0.5) is 0 Å². The molecule has 1 saturated heterocycles. The number of likely N-dealkylation sites (N-methyl/N-ethyl adjacent to an activating group) is 2. The van der Waals surface area contributed by atoms with Gasteiger partial charge in [0.25, 0.3) is 11.8 Å². The Bertz CT molecular complexity index is 1870. The van der Waals surface area contributed by atoms with Gasteiger partial charge in [-0.3, -0.25) is 38.5 Å². The fourth-order valence-corrected chi connectivity index (χ4v) is 9.58.